The number of benzene rings is 3. The first-order chi connectivity index (χ1) is 15.0. The van der Waals surface area contributed by atoms with Crippen LogP contribution < -0.4 is 4.74 Å². The molecule has 3 aromatic rings. The zero-order chi connectivity index (χ0) is 22.2. The minimum absolute atomic E-state index is 0.244. The molecule has 0 N–H and O–H groups in total. The average Bonchev–Trinajstić information content (AvgIpc) is 2.78. The van der Waals surface area contributed by atoms with Crippen molar-refractivity contribution < 1.29 is 17.9 Å². The molecule has 0 radical (unpaired) electrons. The van der Waals surface area contributed by atoms with Crippen molar-refractivity contribution >= 4 is 0 Å². The molecule has 3 aromatic carbocycles. The van der Waals surface area contributed by atoms with E-state index >= 15 is 0 Å². The second-order valence-electron chi connectivity index (χ2n) is 7.74. The molecule has 0 aliphatic heterocycles. The predicted octanol–water partition coefficient (Wildman–Crippen LogP) is 7.69. The van der Waals surface area contributed by atoms with Gasteiger partial charge in [0.25, 0.3) is 0 Å². The van der Waals surface area contributed by atoms with Gasteiger partial charge in [-0.05, 0) is 72.6 Å². The van der Waals surface area contributed by atoms with Crippen LogP contribution >= 0.6 is 0 Å². The lowest BCUT2D eigenvalue weighted by molar-refractivity contribution is 0.321. The van der Waals surface area contributed by atoms with Crippen LogP contribution in [0.5, 0.6) is 5.75 Å². The third-order valence-electron chi connectivity index (χ3n) is 5.49. The zero-order valence-corrected chi connectivity index (χ0v) is 18.2. The Kier molecular flexibility index (Phi) is 8.16. The molecule has 0 amide bonds. The Balaban J connectivity index is 1.64. The molecule has 0 spiro atoms. The second kappa shape index (κ2) is 11.0. The van der Waals surface area contributed by atoms with E-state index in [1.807, 2.05) is 37.3 Å². The molecule has 0 atom stereocenters. The number of unbranched alkanes of at least 4 members (excludes halogenated alkanes) is 2. The van der Waals surface area contributed by atoms with E-state index in [9.17, 15) is 13.2 Å². The first-order valence-corrected chi connectivity index (χ1v) is 11.0. The van der Waals surface area contributed by atoms with Crippen molar-refractivity contribution in [3.8, 4) is 16.9 Å². The number of rotatable bonds is 10. The topological polar surface area (TPSA) is 9.23 Å². The number of halogens is 3. The van der Waals surface area contributed by atoms with Crippen LogP contribution in [0, 0.1) is 17.5 Å². The van der Waals surface area contributed by atoms with Gasteiger partial charge in [0, 0.05) is 0 Å². The minimum atomic E-state index is -0.726. The first kappa shape index (κ1) is 22.9. The quantitative estimate of drug-likeness (QED) is 0.302. The summed E-state index contributed by atoms with van der Waals surface area (Å²) >= 11 is 0. The summed E-state index contributed by atoms with van der Waals surface area (Å²) in [5.74, 6) is -1.58. The van der Waals surface area contributed by atoms with Crippen LogP contribution in [0.15, 0.2) is 54.6 Å². The van der Waals surface area contributed by atoms with Crippen molar-refractivity contribution in [1.82, 2.24) is 0 Å². The van der Waals surface area contributed by atoms with Crippen LogP contribution in [-0.4, -0.2) is 6.61 Å². The number of hydrogen-bond acceptors (Lipinski definition) is 1. The number of hydrogen-bond donors (Lipinski definition) is 0. The fourth-order valence-electron chi connectivity index (χ4n) is 3.68. The monoisotopic (exact) mass is 426 g/mol. The van der Waals surface area contributed by atoms with Crippen molar-refractivity contribution in [2.24, 2.45) is 0 Å². The molecule has 0 aliphatic carbocycles. The van der Waals surface area contributed by atoms with Crippen molar-refractivity contribution in [3.63, 3.8) is 0 Å². The lowest BCUT2D eigenvalue weighted by atomic mass is 9.98. The molecule has 0 heterocycles. The molecule has 0 saturated carbocycles. The SMILES string of the molecule is CCCCCc1ccc(CCc2ccc(-c3ccc(OCC)c(F)c3)cc2)c(F)c1F. The molecule has 0 unspecified atom stereocenters. The molecular weight excluding hydrogens is 397 g/mol. The van der Waals surface area contributed by atoms with Crippen LogP contribution in [0.3, 0.4) is 0 Å². The molecule has 0 saturated heterocycles. The fourth-order valence-corrected chi connectivity index (χ4v) is 3.68. The highest BCUT2D eigenvalue weighted by Gasteiger charge is 2.13. The summed E-state index contributed by atoms with van der Waals surface area (Å²) in [5, 5.41) is 0. The Bertz CT molecular complexity index is 996. The summed E-state index contributed by atoms with van der Waals surface area (Å²) in [5.41, 5.74) is 3.52. The molecule has 164 valence electrons. The Morgan fingerprint density at radius 2 is 1.32 bits per heavy atom. The average molecular weight is 427 g/mol. The van der Waals surface area contributed by atoms with Crippen LogP contribution in [-0.2, 0) is 19.3 Å². The van der Waals surface area contributed by atoms with E-state index in [0.29, 0.717) is 37.0 Å². The van der Waals surface area contributed by atoms with E-state index in [0.717, 1.165) is 36.0 Å². The number of ether oxygens (including phenoxy) is 1. The first-order valence-electron chi connectivity index (χ1n) is 11.0. The smallest absolute Gasteiger partial charge is 0.165 e. The Morgan fingerprint density at radius 1 is 0.677 bits per heavy atom. The summed E-state index contributed by atoms with van der Waals surface area (Å²) in [6.45, 7) is 4.31. The molecule has 0 bridgehead atoms. The highest BCUT2D eigenvalue weighted by atomic mass is 19.2. The van der Waals surface area contributed by atoms with Gasteiger partial charge in [-0.25, -0.2) is 13.2 Å². The maximum Gasteiger partial charge on any atom is 0.165 e. The van der Waals surface area contributed by atoms with Gasteiger partial charge in [-0.1, -0.05) is 62.2 Å². The Labute approximate surface area is 182 Å². The maximum atomic E-state index is 14.5. The summed E-state index contributed by atoms with van der Waals surface area (Å²) in [6, 6.07) is 16.0. The highest BCUT2D eigenvalue weighted by molar-refractivity contribution is 5.64. The van der Waals surface area contributed by atoms with Gasteiger partial charge in [0.1, 0.15) is 0 Å². The van der Waals surface area contributed by atoms with E-state index in [2.05, 4.69) is 6.92 Å². The summed E-state index contributed by atoms with van der Waals surface area (Å²) < 4.78 is 48.2. The molecule has 0 aliphatic rings. The second-order valence-corrected chi connectivity index (χ2v) is 7.74. The van der Waals surface area contributed by atoms with E-state index in [1.165, 1.54) is 6.07 Å². The summed E-state index contributed by atoms with van der Waals surface area (Å²) in [7, 11) is 0. The molecule has 31 heavy (non-hydrogen) atoms. The lowest BCUT2D eigenvalue weighted by Gasteiger charge is -2.10. The molecule has 3 rings (SSSR count). The van der Waals surface area contributed by atoms with Gasteiger partial charge in [-0.15, -0.1) is 0 Å². The van der Waals surface area contributed by atoms with E-state index < -0.39 is 11.6 Å². The molecule has 0 aromatic heterocycles. The van der Waals surface area contributed by atoms with Gasteiger partial charge < -0.3 is 4.74 Å². The molecule has 4 heteroatoms. The van der Waals surface area contributed by atoms with Gasteiger partial charge in [0.15, 0.2) is 23.2 Å². The maximum absolute atomic E-state index is 14.5. The Morgan fingerprint density at radius 3 is 1.94 bits per heavy atom. The lowest BCUT2D eigenvalue weighted by Crippen LogP contribution is -2.02. The normalized spacial score (nSPS) is 11.0. The number of aryl methyl sites for hydroxylation is 3. The minimum Gasteiger partial charge on any atom is -0.491 e. The van der Waals surface area contributed by atoms with Crippen molar-refractivity contribution in [3.05, 3.63) is 88.7 Å². The summed E-state index contributed by atoms with van der Waals surface area (Å²) in [4.78, 5) is 0. The zero-order valence-electron chi connectivity index (χ0n) is 18.2. The van der Waals surface area contributed by atoms with Gasteiger partial charge in [-0.2, -0.15) is 0 Å². The molecular formula is C27H29F3O. The van der Waals surface area contributed by atoms with Crippen molar-refractivity contribution in [2.75, 3.05) is 6.61 Å². The fraction of sp³-hybridized carbons (Fsp3) is 0.333. The van der Waals surface area contributed by atoms with E-state index in [4.69, 9.17) is 4.74 Å². The molecule has 1 nitrogen and oxygen atoms in total. The summed E-state index contributed by atoms with van der Waals surface area (Å²) in [6.07, 6.45) is 4.54. The molecule has 0 fully saturated rings. The van der Waals surface area contributed by atoms with Gasteiger partial charge in [0.2, 0.25) is 0 Å². The highest BCUT2D eigenvalue weighted by Crippen LogP contribution is 2.26. The standard InChI is InChI=1S/C27H29F3O/c1-3-5-6-7-21-14-15-22(27(30)26(21)29)13-10-19-8-11-20(12-9-19)23-16-17-25(31-4-2)24(28)18-23/h8-9,11-12,14-18H,3-7,10,13H2,1-2H3. The van der Waals surface area contributed by atoms with Crippen LogP contribution in [0.4, 0.5) is 13.2 Å². The third-order valence-corrected chi connectivity index (χ3v) is 5.49. The van der Waals surface area contributed by atoms with Crippen molar-refractivity contribution in [1.29, 1.82) is 0 Å². The van der Waals surface area contributed by atoms with Crippen molar-refractivity contribution in [2.45, 2.75) is 52.4 Å². The van der Waals surface area contributed by atoms with E-state index in [-0.39, 0.29) is 11.6 Å². The van der Waals surface area contributed by atoms with Crippen LogP contribution in [0.2, 0.25) is 0 Å². The predicted molar refractivity (Wildman–Crippen MR) is 120 cm³/mol. The van der Waals surface area contributed by atoms with Gasteiger partial charge >= 0.3 is 0 Å². The van der Waals surface area contributed by atoms with Crippen LogP contribution in [0.25, 0.3) is 11.1 Å². The van der Waals surface area contributed by atoms with Gasteiger partial charge in [0.05, 0.1) is 6.61 Å². The Hall–Kier alpha value is -2.75. The third kappa shape index (κ3) is 5.90. The van der Waals surface area contributed by atoms with E-state index in [1.54, 1.807) is 18.2 Å². The van der Waals surface area contributed by atoms with Crippen LogP contribution in [0.1, 0.15) is 49.8 Å². The largest absolute Gasteiger partial charge is 0.491 e. The van der Waals surface area contributed by atoms with Gasteiger partial charge in [-0.3, -0.25) is 0 Å².